The normalized spacial score (nSPS) is 14.8. The lowest BCUT2D eigenvalue weighted by molar-refractivity contribution is 0.209. The quantitative estimate of drug-likeness (QED) is 0.440. The number of aromatic nitrogens is 4. The topological polar surface area (TPSA) is 58.8 Å². The first-order chi connectivity index (χ1) is 16.4. The second kappa shape index (κ2) is 8.98. The minimum atomic E-state index is -0.926. The molecule has 3 aromatic heterocycles. The number of nitrogens with zero attached hydrogens (tertiary/aromatic N) is 6. The molecule has 0 N–H and O–H groups in total. The van der Waals surface area contributed by atoms with Gasteiger partial charge in [0.2, 0.25) is 5.88 Å². The van der Waals surface area contributed by atoms with Gasteiger partial charge in [0.25, 0.3) is 0 Å². The number of rotatable bonds is 5. The van der Waals surface area contributed by atoms with Gasteiger partial charge in [0.1, 0.15) is 11.5 Å². The van der Waals surface area contributed by atoms with E-state index in [1.165, 1.54) is 6.07 Å². The first-order valence-corrected chi connectivity index (χ1v) is 11.3. The summed E-state index contributed by atoms with van der Waals surface area (Å²) in [7, 11) is 1.55. The molecule has 1 aromatic carbocycles. The highest BCUT2D eigenvalue weighted by Gasteiger charge is 2.23. The van der Waals surface area contributed by atoms with E-state index >= 15 is 0 Å². The zero-order valence-electron chi connectivity index (χ0n) is 19.4. The Morgan fingerprint density at radius 3 is 2.41 bits per heavy atom. The van der Waals surface area contributed by atoms with Crippen molar-refractivity contribution in [1.82, 2.24) is 24.5 Å². The summed E-state index contributed by atoms with van der Waals surface area (Å²) >= 11 is 0. The summed E-state index contributed by atoms with van der Waals surface area (Å²) in [6.45, 7) is 8.10. The number of fused-ring (bicyclic) bond motifs is 1. The summed E-state index contributed by atoms with van der Waals surface area (Å²) in [5, 5.41) is 4.92. The van der Waals surface area contributed by atoms with Crippen molar-refractivity contribution in [3.63, 3.8) is 0 Å². The Kier molecular flexibility index (Phi) is 5.87. The number of imidazole rings is 1. The van der Waals surface area contributed by atoms with Crippen LogP contribution in [0.25, 0.3) is 28.2 Å². The van der Waals surface area contributed by atoms with Gasteiger partial charge in [-0.1, -0.05) is 0 Å². The van der Waals surface area contributed by atoms with Crippen molar-refractivity contribution in [1.29, 1.82) is 0 Å². The summed E-state index contributed by atoms with van der Waals surface area (Å²) in [6, 6.07) is 11.8. The first-order valence-electron chi connectivity index (χ1n) is 11.3. The monoisotopic (exact) mass is 464 g/mol. The van der Waals surface area contributed by atoms with Crippen molar-refractivity contribution in [3.05, 3.63) is 60.3 Å². The van der Waals surface area contributed by atoms with Crippen LogP contribution >= 0.6 is 0 Å². The van der Waals surface area contributed by atoms with Crippen LogP contribution in [0.1, 0.15) is 13.8 Å². The molecule has 0 saturated carbocycles. The van der Waals surface area contributed by atoms with Gasteiger partial charge in [0.05, 0.1) is 12.8 Å². The van der Waals surface area contributed by atoms with Crippen LogP contribution in [0.2, 0.25) is 0 Å². The summed E-state index contributed by atoms with van der Waals surface area (Å²) in [5.41, 5.74) is 2.98. The van der Waals surface area contributed by atoms with Crippen LogP contribution in [0, 0.1) is 11.6 Å². The van der Waals surface area contributed by atoms with Gasteiger partial charge in [-0.3, -0.25) is 4.90 Å². The highest BCUT2D eigenvalue weighted by atomic mass is 19.2. The molecule has 0 amide bonds. The van der Waals surface area contributed by atoms with Gasteiger partial charge < -0.3 is 9.64 Å². The number of hydrogen-bond donors (Lipinski definition) is 0. The lowest BCUT2D eigenvalue weighted by atomic mass is 10.1. The molecule has 1 aliphatic heterocycles. The number of benzene rings is 1. The molecule has 0 unspecified atom stereocenters. The van der Waals surface area contributed by atoms with Crippen molar-refractivity contribution in [3.8, 4) is 28.4 Å². The Hall–Kier alpha value is -3.59. The average Bonchev–Trinajstić information content (AvgIpc) is 3.24. The van der Waals surface area contributed by atoms with Crippen molar-refractivity contribution in [2.75, 3.05) is 38.2 Å². The Labute approximate surface area is 196 Å². The van der Waals surface area contributed by atoms with E-state index in [-0.39, 0.29) is 0 Å². The molecule has 176 valence electrons. The molecule has 5 rings (SSSR count). The molecule has 9 heteroatoms. The largest absolute Gasteiger partial charge is 0.481 e. The number of halogens is 2. The fourth-order valence-electron chi connectivity index (χ4n) is 4.33. The van der Waals surface area contributed by atoms with Gasteiger partial charge in [0, 0.05) is 55.6 Å². The van der Waals surface area contributed by atoms with E-state index in [1.807, 2.05) is 18.2 Å². The Bertz CT molecular complexity index is 1330. The third kappa shape index (κ3) is 4.07. The predicted molar refractivity (Wildman–Crippen MR) is 127 cm³/mol. The summed E-state index contributed by atoms with van der Waals surface area (Å²) < 4.78 is 34.8. The molecule has 0 spiro atoms. The fourth-order valence-corrected chi connectivity index (χ4v) is 4.33. The van der Waals surface area contributed by atoms with Gasteiger partial charge in [-0.15, -0.1) is 5.10 Å². The molecule has 0 radical (unpaired) electrons. The van der Waals surface area contributed by atoms with Crippen molar-refractivity contribution in [2.45, 2.75) is 19.9 Å². The van der Waals surface area contributed by atoms with Crippen LogP contribution < -0.4 is 9.64 Å². The van der Waals surface area contributed by atoms with E-state index in [0.717, 1.165) is 49.7 Å². The van der Waals surface area contributed by atoms with E-state index in [4.69, 9.17) is 14.8 Å². The summed E-state index contributed by atoms with van der Waals surface area (Å²) in [4.78, 5) is 13.6. The molecule has 4 heterocycles. The van der Waals surface area contributed by atoms with Gasteiger partial charge in [-0.2, -0.15) is 0 Å². The highest BCUT2D eigenvalue weighted by molar-refractivity contribution is 5.82. The van der Waals surface area contributed by atoms with E-state index in [9.17, 15) is 8.78 Å². The highest BCUT2D eigenvalue weighted by Crippen LogP contribution is 2.34. The number of pyridine rings is 1. The molecule has 4 aromatic rings. The Morgan fingerprint density at radius 2 is 1.71 bits per heavy atom. The molecule has 1 aliphatic rings. The van der Waals surface area contributed by atoms with Crippen LogP contribution in [-0.2, 0) is 0 Å². The SMILES string of the molecule is COc1cc(-c2c(-c3ccc(F)c(F)c3)nc3ccc(N4CCN(C(C)C)CC4)nn23)ccn1. The lowest BCUT2D eigenvalue weighted by Crippen LogP contribution is -2.49. The zero-order valence-corrected chi connectivity index (χ0v) is 19.4. The Balaban J connectivity index is 1.64. The molecule has 0 aliphatic carbocycles. The summed E-state index contributed by atoms with van der Waals surface area (Å²) in [6.07, 6.45) is 1.64. The number of methoxy groups -OCH3 is 1. The fraction of sp³-hybridized carbons (Fsp3) is 0.320. The van der Waals surface area contributed by atoms with Crippen LogP contribution in [0.4, 0.5) is 14.6 Å². The second-order valence-electron chi connectivity index (χ2n) is 8.60. The molecule has 1 saturated heterocycles. The van der Waals surface area contributed by atoms with Gasteiger partial charge >= 0.3 is 0 Å². The molecule has 0 atom stereocenters. The standard InChI is InChI=1S/C25H26F2N6O/c1-16(2)31-10-12-32(13-11-31)22-7-6-21-29-24(17-4-5-19(26)20(27)14-17)25(33(21)30-22)18-8-9-28-23(15-18)34-3/h4-9,14-16H,10-13H2,1-3H3. The number of piperazine rings is 1. The molecule has 0 bridgehead atoms. The van der Waals surface area contributed by atoms with E-state index < -0.39 is 11.6 Å². The molecule has 7 nitrogen and oxygen atoms in total. The maximum atomic E-state index is 14.1. The predicted octanol–water partition coefficient (Wildman–Crippen LogP) is 4.28. The Morgan fingerprint density at radius 1 is 0.912 bits per heavy atom. The van der Waals surface area contributed by atoms with E-state index in [1.54, 1.807) is 23.9 Å². The van der Waals surface area contributed by atoms with Crippen molar-refractivity contribution < 1.29 is 13.5 Å². The minimum absolute atomic E-state index is 0.435. The van der Waals surface area contributed by atoms with Crippen molar-refractivity contribution in [2.24, 2.45) is 0 Å². The number of hydrogen-bond acceptors (Lipinski definition) is 6. The van der Waals surface area contributed by atoms with E-state index in [0.29, 0.717) is 34.5 Å². The van der Waals surface area contributed by atoms with Gasteiger partial charge in [-0.05, 0) is 50.2 Å². The molecule has 34 heavy (non-hydrogen) atoms. The maximum Gasteiger partial charge on any atom is 0.213 e. The third-order valence-corrected chi connectivity index (χ3v) is 6.24. The van der Waals surface area contributed by atoms with Gasteiger partial charge in [0.15, 0.2) is 17.3 Å². The minimum Gasteiger partial charge on any atom is -0.481 e. The molecular formula is C25H26F2N6O. The van der Waals surface area contributed by atoms with E-state index in [2.05, 4.69) is 28.6 Å². The molecule has 1 fully saturated rings. The first kappa shape index (κ1) is 22.2. The average molecular weight is 465 g/mol. The number of ether oxygens (including phenoxy) is 1. The summed E-state index contributed by atoms with van der Waals surface area (Å²) in [5.74, 6) is -0.554. The van der Waals surface area contributed by atoms with Crippen LogP contribution in [0.3, 0.4) is 0 Å². The maximum absolute atomic E-state index is 14.1. The lowest BCUT2D eigenvalue weighted by Gasteiger charge is -2.37. The van der Waals surface area contributed by atoms with Gasteiger partial charge in [-0.25, -0.2) is 23.3 Å². The van der Waals surface area contributed by atoms with Crippen LogP contribution in [0.15, 0.2) is 48.7 Å². The third-order valence-electron chi connectivity index (χ3n) is 6.24. The second-order valence-corrected chi connectivity index (χ2v) is 8.60. The van der Waals surface area contributed by atoms with Crippen LogP contribution in [0.5, 0.6) is 5.88 Å². The zero-order chi connectivity index (χ0) is 23.8. The van der Waals surface area contributed by atoms with Crippen molar-refractivity contribution >= 4 is 11.5 Å². The smallest absolute Gasteiger partial charge is 0.213 e. The number of anilines is 1. The van der Waals surface area contributed by atoms with Crippen LogP contribution in [-0.4, -0.2) is 63.8 Å². The molecular weight excluding hydrogens is 438 g/mol.